The molecular weight excluding hydrogens is 1130 g/mol. The molecule has 93 heavy (non-hydrogen) atoms. The van der Waals surface area contributed by atoms with Gasteiger partial charge in [0.15, 0.2) is 0 Å². The van der Waals surface area contributed by atoms with Crippen molar-refractivity contribution in [3.8, 4) is 151 Å². The molecule has 0 atom stereocenters. The summed E-state index contributed by atoms with van der Waals surface area (Å²) in [6.07, 6.45) is 5.94. The first-order chi connectivity index (χ1) is 46.0. The summed E-state index contributed by atoms with van der Waals surface area (Å²) in [6.45, 7) is 0. The fraction of sp³-hybridized carbons (Fsp3) is 0. The van der Waals surface area contributed by atoms with E-state index in [1.807, 2.05) is 32.6 Å². The number of rotatable bonds is 15. The second-order valence-electron chi connectivity index (χ2n) is 23.2. The molecule has 0 unspecified atom stereocenters. The van der Waals surface area contributed by atoms with E-state index in [0.29, 0.717) is 17.1 Å². The van der Waals surface area contributed by atoms with Crippen molar-refractivity contribution in [3.05, 3.63) is 346 Å². The van der Waals surface area contributed by atoms with E-state index < -0.39 is 0 Å². The highest BCUT2D eigenvalue weighted by Gasteiger charge is 2.18. The van der Waals surface area contributed by atoms with Crippen molar-refractivity contribution in [1.29, 1.82) is 0 Å². The maximum absolute atomic E-state index is 4.86. The Morgan fingerprint density at radius 2 is 0.333 bits per heavy atom. The van der Waals surface area contributed by atoms with Crippen LogP contribution in [0.1, 0.15) is 0 Å². The zero-order valence-corrected chi connectivity index (χ0v) is 50.4. The summed E-state index contributed by atoms with van der Waals surface area (Å²) in [7, 11) is 0. The standard InChI is InChI=1S/C84H57N9/c1-7-22-58(23-8-1)67-40-68(59-24-9-2-10-25-59)44-73(43-67)64-34-19-37-79(52-64)91-55-82(85-88-91)76-49-77(83-56-92(89-86-83)80-38-20-35-65(53-80)74-45-69(60-26-11-3-12-27-60)41-70(46-74)61-28-13-4-14-29-61)51-78(50-76)84-57-93(90-87-84)81-39-21-36-66(54-81)75-47-71(62-30-15-5-16-31-62)42-72(48-75)63-32-17-6-18-33-63/h1-57H. The van der Waals surface area contributed by atoms with Crippen molar-refractivity contribution in [3.63, 3.8) is 0 Å². The molecule has 0 radical (unpaired) electrons. The first-order valence-electron chi connectivity index (χ1n) is 31.0. The Balaban J connectivity index is 0.765. The fourth-order valence-electron chi connectivity index (χ4n) is 12.3. The van der Waals surface area contributed by atoms with Crippen LogP contribution in [0.3, 0.4) is 0 Å². The molecular formula is C84H57N9. The zero-order chi connectivity index (χ0) is 61.9. The van der Waals surface area contributed by atoms with Gasteiger partial charge in [-0.05, 0) is 209 Å². The number of benzene rings is 13. The Kier molecular flexibility index (Phi) is 14.8. The Labute approximate surface area is 539 Å². The molecule has 0 saturated carbocycles. The number of hydrogen-bond donors (Lipinski definition) is 0. The van der Waals surface area contributed by atoms with Gasteiger partial charge in [-0.3, -0.25) is 0 Å². The van der Waals surface area contributed by atoms with Gasteiger partial charge in [0.2, 0.25) is 0 Å². The van der Waals surface area contributed by atoms with Gasteiger partial charge in [0, 0.05) is 16.7 Å². The van der Waals surface area contributed by atoms with Crippen LogP contribution in [-0.4, -0.2) is 45.0 Å². The van der Waals surface area contributed by atoms with Crippen LogP contribution < -0.4 is 0 Å². The summed E-state index contributed by atoms with van der Waals surface area (Å²) >= 11 is 0. The molecule has 16 rings (SSSR count). The summed E-state index contributed by atoms with van der Waals surface area (Å²) in [5.74, 6) is 0. The Bertz CT molecular complexity index is 4600. The molecule has 0 amide bonds. The molecule has 0 N–H and O–H groups in total. The van der Waals surface area contributed by atoms with E-state index in [2.05, 4.69) is 328 Å². The molecule has 0 aliphatic rings. The molecule has 13 aromatic carbocycles. The molecule has 438 valence electrons. The molecule has 0 bridgehead atoms. The lowest BCUT2D eigenvalue weighted by Gasteiger charge is -2.12. The third-order valence-electron chi connectivity index (χ3n) is 17.1. The Morgan fingerprint density at radius 3 is 0.548 bits per heavy atom. The topological polar surface area (TPSA) is 92.1 Å². The van der Waals surface area contributed by atoms with Crippen molar-refractivity contribution >= 4 is 0 Å². The second kappa shape index (κ2) is 24.7. The van der Waals surface area contributed by atoms with Crippen molar-refractivity contribution in [2.24, 2.45) is 0 Å². The van der Waals surface area contributed by atoms with E-state index in [9.17, 15) is 0 Å². The van der Waals surface area contributed by atoms with Crippen molar-refractivity contribution < 1.29 is 0 Å². The normalized spacial score (nSPS) is 11.2. The predicted molar refractivity (Wildman–Crippen MR) is 376 cm³/mol. The smallest absolute Gasteiger partial charge is 0.113 e. The third kappa shape index (κ3) is 11.8. The van der Waals surface area contributed by atoms with E-state index in [1.165, 1.54) is 0 Å². The number of aromatic nitrogens is 9. The van der Waals surface area contributed by atoms with Gasteiger partial charge >= 0.3 is 0 Å². The minimum atomic E-state index is 0.668. The molecule has 0 spiro atoms. The minimum absolute atomic E-state index is 0.668. The van der Waals surface area contributed by atoms with Crippen molar-refractivity contribution in [2.45, 2.75) is 0 Å². The van der Waals surface area contributed by atoms with Crippen LogP contribution in [0.25, 0.3) is 151 Å². The van der Waals surface area contributed by atoms with Crippen LogP contribution in [-0.2, 0) is 0 Å². The maximum Gasteiger partial charge on any atom is 0.113 e. The molecule has 3 aromatic heterocycles. The van der Waals surface area contributed by atoms with Crippen LogP contribution in [0.15, 0.2) is 346 Å². The second-order valence-corrected chi connectivity index (χ2v) is 23.2. The lowest BCUT2D eigenvalue weighted by Crippen LogP contribution is -1.95. The van der Waals surface area contributed by atoms with Gasteiger partial charge in [-0.2, -0.15) is 0 Å². The summed E-state index contributed by atoms with van der Waals surface area (Å²) in [5, 5.41) is 28.9. The number of nitrogens with zero attached hydrogens (tertiary/aromatic N) is 9. The lowest BCUT2D eigenvalue weighted by molar-refractivity contribution is 0.804. The van der Waals surface area contributed by atoms with Crippen molar-refractivity contribution in [2.75, 3.05) is 0 Å². The Hall–Kier alpha value is -12.7. The number of hydrogen-bond acceptors (Lipinski definition) is 6. The molecule has 0 saturated heterocycles. The molecule has 0 aliphatic heterocycles. The quantitative estimate of drug-likeness (QED) is 0.102. The van der Waals surface area contributed by atoms with Gasteiger partial charge in [0.05, 0.1) is 35.7 Å². The van der Waals surface area contributed by atoms with Crippen LogP contribution in [0, 0.1) is 0 Å². The van der Waals surface area contributed by atoms with E-state index in [4.69, 9.17) is 30.9 Å². The van der Waals surface area contributed by atoms with Crippen molar-refractivity contribution in [1.82, 2.24) is 45.0 Å². The van der Waals surface area contributed by atoms with Gasteiger partial charge in [-0.15, -0.1) is 15.3 Å². The predicted octanol–water partition coefficient (Wildman–Crippen LogP) is 20.4. The molecule has 0 fully saturated rings. The average Bonchev–Trinajstić information content (AvgIpc) is 1.84. The highest BCUT2D eigenvalue weighted by atomic mass is 15.4. The van der Waals surface area contributed by atoms with E-state index in [-0.39, 0.29) is 0 Å². The van der Waals surface area contributed by atoms with Gasteiger partial charge in [-0.25, -0.2) is 14.0 Å². The summed E-state index contributed by atoms with van der Waals surface area (Å²) in [5.41, 5.74) is 27.3. The Morgan fingerprint density at radius 1 is 0.151 bits per heavy atom. The molecule has 9 heteroatoms. The van der Waals surface area contributed by atoms with Gasteiger partial charge in [0.25, 0.3) is 0 Å². The van der Waals surface area contributed by atoms with Crippen LogP contribution in [0.5, 0.6) is 0 Å². The SMILES string of the molecule is c1ccc(-c2cc(-c3ccccc3)cc(-c3cccc(-n4cc(-c5cc(-c6cn(-c7cccc(-c8cc(-c9ccccc9)cc(-c9ccccc9)c8)c7)nn6)cc(-c6cn(-c7cccc(-c8cc(-c9ccccc9)cc(-c9ccccc9)c8)c7)nn6)c5)nn4)c3)c2)cc1. The first kappa shape index (κ1) is 55.6. The van der Waals surface area contributed by atoms with Gasteiger partial charge < -0.3 is 0 Å². The van der Waals surface area contributed by atoms with E-state index in [0.717, 1.165) is 134 Å². The third-order valence-corrected chi connectivity index (χ3v) is 17.1. The van der Waals surface area contributed by atoms with Gasteiger partial charge in [-0.1, -0.05) is 234 Å². The maximum atomic E-state index is 4.86. The molecule has 16 aromatic rings. The highest BCUT2D eigenvalue weighted by molar-refractivity contribution is 5.86. The van der Waals surface area contributed by atoms with E-state index >= 15 is 0 Å². The summed E-state index contributed by atoms with van der Waals surface area (Å²) in [6, 6.07) is 115. The summed E-state index contributed by atoms with van der Waals surface area (Å²) < 4.78 is 5.52. The lowest BCUT2D eigenvalue weighted by atomic mass is 9.93. The van der Waals surface area contributed by atoms with Gasteiger partial charge in [0.1, 0.15) is 17.1 Å². The zero-order valence-electron chi connectivity index (χ0n) is 50.4. The molecule has 0 aliphatic carbocycles. The average molecular weight is 1190 g/mol. The minimum Gasteiger partial charge on any atom is -0.220 e. The highest BCUT2D eigenvalue weighted by Crippen LogP contribution is 2.39. The van der Waals surface area contributed by atoms with Crippen LogP contribution in [0.4, 0.5) is 0 Å². The largest absolute Gasteiger partial charge is 0.220 e. The van der Waals surface area contributed by atoms with Crippen LogP contribution in [0.2, 0.25) is 0 Å². The van der Waals surface area contributed by atoms with E-state index in [1.54, 1.807) is 0 Å². The van der Waals surface area contributed by atoms with Crippen LogP contribution >= 0.6 is 0 Å². The molecule has 9 nitrogen and oxygen atoms in total. The molecule has 3 heterocycles. The summed E-state index contributed by atoms with van der Waals surface area (Å²) in [4.78, 5) is 0. The first-order valence-corrected chi connectivity index (χ1v) is 31.0. The monoisotopic (exact) mass is 1190 g/mol. The fourth-order valence-corrected chi connectivity index (χ4v) is 12.3.